The Morgan fingerprint density at radius 3 is 2.93 bits per heavy atom. The van der Waals surface area contributed by atoms with Crippen molar-refractivity contribution in [1.82, 2.24) is 4.98 Å². The third-order valence-corrected chi connectivity index (χ3v) is 2.48. The first kappa shape index (κ1) is 11.8. The van der Waals surface area contributed by atoms with E-state index in [1.165, 1.54) is 0 Å². The van der Waals surface area contributed by atoms with E-state index in [2.05, 4.69) is 16.0 Å². The molecule has 15 heavy (non-hydrogen) atoms. The minimum Gasteiger partial charge on any atom is -0.369 e. The normalized spacial score (nSPS) is 11.9. The Bertz CT molecular complexity index is 359. The summed E-state index contributed by atoms with van der Waals surface area (Å²) in [6.07, 6.45) is 3.33. The van der Waals surface area contributed by atoms with Gasteiger partial charge in [0.2, 0.25) is 0 Å². The number of aromatic nitrogens is 1. The minimum absolute atomic E-state index is 0.00539. The van der Waals surface area contributed by atoms with E-state index in [9.17, 15) is 0 Å². The standard InChI is InChI=1S/C11H14ClN3/c1-3-15(8-9(2)6-13)11-4-5-14-7-10(11)12/h4-5,7,9H,3,8H2,1-2H3. The molecule has 0 saturated carbocycles. The molecule has 4 heteroatoms. The molecule has 1 aromatic rings. The largest absolute Gasteiger partial charge is 0.369 e. The van der Waals surface area contributed by atoms with Gasteiger partial charge in [-0.25, -0.2) is 0 Å². The zero-order valence-electron chi connectivity index (χ0n) is 8.94. The maximum Gasteiger partial charge on any atom is 0.0822 e. The third-order valence-electron chi connectivity index (χ3n) is 2.19. The van der Waals surface area contributed by atoms with Crippen molar-refractivity contribution in [3.63, 3.8) is 0 Å². The first-order chi connectivity index (χ1) is 7.19. The molecular formula is C11H14ClN3. The molecule has 1 heterocycles. The fourth-order valence-corrected chi connectivity index (χ4v) is 1.63. The summed E-state index contributed by atoms with van der Waals surface area (Å²) in [4.78, 5) is 6.02. The van der Waals surface area contributed by atoms with Gasteiger partial charge in [0.1, 0.15) is 0 Å². The van der Waals surface area contributed by atoms with Crippen molar-refractivity contribution in [2.45, 2.75) is 13.8 Å². The monoisotopic (exact) mass is 223 g/mol. The van der Waals surface area contributed by atoms with Crippen molar-refractivity contribution in [3.8, 4) is 6.07 Å². The van der Waals surface area contributed by atoms with Gasteiger partial charge in [-0.3, -0.25) is 4.98 Å². The summed E-state index contributed by atoms with van der Waals surface area (Å²) in [6, 6.07) is 4.09. The predicted octanol–water partition coefficient (Wildman–Crippen LogP) is 2.72. The van der Waals surface area contributed by atoms with Crippen LogP contribution in [0.3, 0.4) is 0 Å². The van der Waals surface area contributed by atoms with Gasteiger partial charge in [0, 0.05) is 25.5 Å². The Morgan fingerprint density at radius 1 is 1.67 bits per heavy atom. The van der Waals surface area contributed by atoms with Crippen molar-refractivity contribution in [2.75, 3.05) is 18.0 Å². The fraction of sp³-hybridized carbons (Fsp3) is 0.455. The first-order valence-corrected chi connectivity index (χ1v) is 5.31. The zero-order valence-corrected chi connectivity index (χ0v) is 9.70. The van der Waals surface area contributed by atoms with E-state index in [1.807, 2.05) is 19.9 Å². The van der Waals surface area contributed by atoms with Gasteiger partial charge in [0.15, 0.2) is 0 Å². The molecule has 0 amide bonds. The van der Waals surface area contributed by atoms with Gasteiger partial charge in [-0.05, 0) is 19.9 Å². The van der Waals surface area contributed by atoms with Crippen LogP contribution in [0.25, 0.3) is 0 Å². The molecule has 80 valence electrons. The first-order valence-electron chi connectivity index (χ1n) is 4.93. The summed E-state index contributed by atoms with van der Waals surface area (Å²) in [5.41, 5.74) is 0.941. The van der Waals surface area contributed by atoms with Gasteiger partial charge >= 0.3 is 0 Å². The number of pyridine rings is 1. The lowest BCUT2D eigenvalue weighted by molar-refractivity contribution is 0.686. The molecule has 1 rings (SSSR count). The number of rotatable bonds is 4. The Balaban J connectivity index is 2.84. The van der Waals surface area contributed by atoms with Crippen LogP contribution in [0.1, 0.15) is 13.8 Å². The van der Waals surface area contributed by atoms with E-state index in [0.29, 0.717) is 11.6 Å². The van der Waals surface area contributed by atoms with Gasteiger partial charge in [-0.1, -0.05) is 11.6 Å². The Morgan fingerprint density at radius 2 is 2.40 bits per heavy atom. The zero-order chi connectivity index (χ0) is 11.3. The SMILES string of the molecule is CCN(CC(C)C#N)c1ccncc1Cl. The molecule has 0 aliphatic carbocycles. The van der Waals surface area contributed by atoms with E-state index in [-0.39, 0.29) is 5.92 Å². The average molecular weight is 224 g/mol. The molecule has 0 spiro atoms. The highest BCUT2D eigenvalue weighted by Gasteiger charge is 2.11. The molecular weight excluding hydrogens is 210 g/mol. The highest BCUT2D eigenvalue weighted by atomic mass is 35.5. The van der Waals surface area contributed by atoms with Crippen LogP contribution in [0.4, 0.5) is 5.69 Å². The molecule has 0 radical (unpaired) electrons. The molecule has 1 atom stereocenters. The summed E-state index contributed by atoms with van der Waals surface area (Å²) in [5, 5.41) is 9.40. The van der Waals surface area contributed by atoms with Crippen LogP contribution in [0.2, 0.25) is 5.02 Å². The van der Waals surface area contributed by atoms with Crippen molar-refractivity contribution in [2.24, 2.45) is 5.92 Å². The molecule has 0 N–H and O–H groups in total. The molecule has 1 aromatic heterocycles. The highest BCUT2D eigenvalue weighted by Crippen LogP contribution is 2.24. The lowest BCUT2D eigenvalue weighted by atomic mass is 10.2. The summed E-state index contributed by atoms with van der Waals surface area (Å²) in [5.74, 6) is -0.00539. The van der Waals surface area contributed by atoms with E-state index in [4.69, 9.17) is 16.9 Å². The Kier molecular flexibility index (Phi) is 4.38. The molecule has 1 unspecified atom stereocenters. The van der Waals surface area contributed by atoms with E-state index in [1.54, 1.807) is 12.4 Å². The number of nitriles is 1. The second kappa shape index (κ2) is 5.57. The minimum atomic E-state index is -0.00539. The van der Waals surface area contributed by atoms with E-state index < -0.39 is 0 Å². The van der Waals surface area contributed by atoms with E-state index >= 15 is 0 Å². The van der Waals surface area contributed by atoms with Crippen molar-refractivity contribution in [3.05, 3.63) is 23.5 Å². The lowest BCUT2D eigenvalue weighted by Crippen LogP contribution is -2.27. The van der Waals surface area contributed by atoms with Crippen LogP contribution in [-0.2, 0) is 0 Å². The topological polar surface area (TPSA) is 39.9 Å². The van der Waals surface area contributed by atoms with Gasteiger partial charge in [-0.2, -0.15) is 5.26 Å². The molecule has 3 nitrogen and oxygen atoms in total. The summed E-state index contributed by atoms with van der Waals surface area (Å²) in [6.45, 7) is 5.46. The summed E-state index contributed by atoms with van der Waals surface area (Å²) >= 11 is 6.04. The van der Waals surface area contributed by atoms with Gasteiger partial charge < -0.3 is 4.90 Å². The van der Waals surface area contributed by atoms with Gasteiger partial charge in [0.05, 0.1) is 22.7 Å². The number of anilines is 1. The maximum absolute atomic E-state index is 8.77. The Labute approximate surface area is 95.3 Å². The summed E-state index contributed by atoms with van der Waals surface area (Å²) < 4.78 is 0. The van der Waals surface area contributed by atoms with Crippen LogP contribution in [0.5, 0.6) is 0 Å². The second-order valence-electron chi connectivity index (χ2n) is 3.40. The smallest absolute Gasteiger partial charge is 0.0822 e. The van der Waals surface area contributed by atoms with Gasteiger partial charge in [0.25, 0.3) is 0 Å². The molecule has 0 aliphatic heterocycles. The number of nitrogens with zero attached hydrogens (tertiary/aromatic N) is 3. The van der Waals surface area contributed by atoms with Gasteiger partial charge in [-0.15, -0.1) is 0 Å². The maximum atomic E-state index is 8.77. The second-order valence-corrected chi connectivity index (χ2v) is 3.80. The van der Waals surface area contributed by atoms with E-state index in [0.717, 1.165) is 12.2 Å². The third kappa shape index (κ3) is 3.10. The molecule has 0 aliphatic rings. The van der Waals surface area contributed by atoms with Crippen molar-refractivity contribution in [1.29, 1.82) is 5.26 Å². The van der Waals surface area contributed by atoms with Crippen molar-refractivity contribution >= 4 is 17.3 Å². The molecule has 0 bridgehead atoms. The quantitative estimate of drug-likeness (QED) is 0.788. The summed E-state index contributed by atoms with van der Waals surface area (Å²) in [7, 11) is 0. The van der Waals surface area contributed by atoms with Crippen LogP contribution < -0.4 is 4.90 Å². The number of hydrogen-bond donors (Lipinski definition) is 0. The number of hydrogen-bond acceptors (Lipinski definition) is 3. The number of halogens is 1. The fourth-order valence-electron chi connectivity index (χ4n) is 1.39. The highest BCUT2D eigenvalue weighted by molar-refractivity contribution is 6.33. The molecule has 0 saturated heterocycles. The van der Waals surface area contributed by atoms with Crippen LogP contribution in [-0.4, -0.2) is 18.1 Å². The molecule has 0 aromatic carbocycles. The lowest BCUT2D eigenvalue weighted by Gasteiger charge is -2.24. The Hall–Kier alpha value is -1.27. The van der Waals surface area contributed by atoms with Crippen LogP contribution >= 0.6 is 11.6 Å². The van der Waals surface area contributed by atoms with Crippen LogP contribution in [0.15, 0.2) is 18.5 Å². The van der Waals surface area contributed by atoms with Crippen LogP contribution in [0, 0.1) is 17.2 Å². The molecule has 0 fully saturated rings. The predicted molar refractivity (Wildman–Crippen MR) is 61.9 cm³/mol. The van der Waals surface area contributed by atoms with Crippen molar-refractivity contribution < 1.29 is 0 Å². The average Bonchev–Trinajstić information content (AvgIpc) is 2.26.